The van der Waals surface area contributed by atoms with Crippen molar-refractivity contribution in [1.29, 1.82) is 0 Å². The van der Waals surface area contributed by atoms with Gasteiger partial charge in [0.2, 0.25) is 0 Å². The first-order chi connectivity index (χ1) is 8.22. The average Bonchev–Trinajstić information content (AvgIpc) is 2.36. The van der Waals surface area contributed by atoms with Crippen LogP contribution in [0.15, 0.2) is 18.2 Å². The maximum absolute atomic E-state index is 13.2. The molecule has 3 nitrogen and oxygen atoms in total. The van der Waals surface area contributed by atoms with Crippen LogP contribution in [0.25, 0.3) is 0 Å². The van der Waals surface area contributed by atoms with E-state index in [4.69, 9.17) is 11.6 Å². The van der Waals surface area contributed by atoms with E-state index < -0.39 is 12.7 Å². The van der Waals surface area contributed by atoms with Gasteiger partial charge in [-0.15, -0.1) is 24.8 Å². The molecule has 0 aliphatic carbocycles. The summed E-state index contributed by atoms with van der Waals surface area (Å²) in [5, 5.41) is 13.5. The van der Waals surface area contributed by atoms with Gasteiger partial charge in [-0.25, -0.2) is 4.39 Å². The number of piperazine rings is 1. The van der Waals surface area contributed by atoms with Gasteiger partial charge in [-0.2, -0.15) is 0 Å². The van der Waals surface area contributed by atoms with Gasteiger partial charge in [-0.3, -0.25) is 4.90 Å². The topological polar surface area (TPSA) is 35.5 Å². The summed E-state index contributed by atoms with van der Waals surface area (Å²) in [6.45, 7) is 2.73. The van der Waals surface area contributed by atoms with Gasteiger partial charge in [-0.05, 0) is 18.2 Å². The van der Waals surface area contributed by atoms with Crippen molar-refractivity contribution in [2.24, 2.45) is 0 Å². The number of phenols is 1. The molecule has 110 valence electrons. The fourth-order valence-corrected chi connectivity index (χ4v) is 2.34. The van der Waals surface area contributed by atoms with E-state index in [0.717, 1.165) is 26.2 Å². The summed E-state index contributed by atoms with van der Waals surface area (Å²) in [7, 11) is 0. The Bertz CT molecular complexity index is 389. The van der Waals surface area contributed by atoms with Crippen LogP contribution in [0.4, 0.5) is 4.39 Å². The molecule has 0 amide bonds. The number of phenolic OH excluding ortho intramolecular Hbond substituents is 1. The Morgan fingerprint density at radius 3 is 2.53 bits per heavy atom. The van der Waals surface area contributed by atoms with Gasteiger partial charge >= 0.3 is 0 Å². The molecule has 0 spiro atoms. The lowest BCUT2D eigenvalue weighted by Crippen LogP contribution is -2.45. The van der Waals surface area contributed by atoms with E-state index in [0.29, 0.717) is 10.6 Å². The molecule has 7 heteroatoms. The van der Waals surface area contributed by atoms with E-state index in [1.54, 1.807) is 12.1 Å². The van der Waals surface area contributed by atoms with Crippen LogP contribution in [0.3, 0.4) is 0 Å². The quantitative estimate of drug-likeness (QED) is 0.894. The molecular formula is C12H18Cl3FN2O. The number of nitrogens with one attached hydrogen (secondary N) is 1. The van der Waals surface area contributed by atoms with E-state index in [1.807, 2.05) is 4.90 Å². The second-order valence-electron chi connectivity index (χ2n) is 4.16. The number of rotatable bonds is 3. The first-order valence-corrected chi connectivity index (χ1v) is 6.09. The lowest BCUT2D eigenvalue weighted by atomic mass is 10.0. The Labute approximate surface area is 129 Å². The predicted octanol–water partition coefficient (Wildman–Crippen LogP) is 2.81. The largest absolute Gasteiger partial charge is 0.508 e. The number of hydrogen-bond donors (Lipinski definition) is 2. The first-order valence-electron chi connectivity index (χ1n) is 5.71. The Balaban J connectivity index is 0.00000162. The zero-order valence-corrected chi connectivity index (χ0v) is 12.7. The van der Waals surface area contributed by atoms with E-state index in [-0.39, 0.29) is 30.6 Å². The first kappa shape index (κ1) is 18.7. The van der Waals surface area contributed by atoms with Crippen molar-refractivity contribution in [2.75, 3.05) is 32.9 Å². The molecular weight excluding hydrogens is 314 g/mol. The second-order valence-corrected chi connectivity index (χ2v) is 4.60. The number of benzene rings is 1. The highest BCUT2D eigenvalue weighted by molar-refractivity contribution is 6.30. The van der Waals surface area contributed by atoms with Crippen LogP contribution in [-0.4, -0.2) is 42.9 Å². The zero-order chi connectivity index (χ0) is 12.3. The van der Waals surface area contributed by atoms with Crippen LogP contribution in [0.5, 0.6) is 5.75 Å². The van der Waals surface area contributed by atoms with Gasteiger partial charge in [0.05, 0.1) is 6.04 Å². The maximum atomic E-state index is 13.2. The lowest BCUT2D eigenvalue weighted by molar-refractivity contribution is 0.145. The summed E-state index contributed by atoms with van der Waals surface area (Å²) in [4.78, 5) is 2.03. The number of alkyl halides is 1. The Morgan fingerprint density at radius 1 is 1.32 bits per heavy atom. The van der Waals surface area contributed by atoms with Crippen molar-refractivity contribution < 1.29 is 9.50 Å². The van der Waals surface area contributed by atoms with Gasteiger partial charge in [0.25, 0.3) is 0 Å². The Kier molecular flexibility index (Phi) is 8.70. The van der Waals surface area contributed by atoms with Crippen LogP contribution >= 0.6 is 36.4 Å². The minimum atomic E-state index is -0.520. The minimum absolute atomic E-state index is 0. The highest BCUT2D eigenvalue weighted by atomic mass is 35.5. The molecule has 1 aromatic rings. The molecule has 1 saturated heterocycles. The molecule has 1 aromatic carbocycles. The van der Waals surface area contributed by atoms with Crippen molar-refractivity contribution in [3.63, 3.8) is 0 Å². The smallest absolute Gasteiger partial charge is 0.120 e. The van der Waals surface area contributed by atoms with Crippen LogP contribution in [0, 0.1) is 0 Å². The predicted molar refractivity (Wildman–Crippen MR) is 80.8 cm³/mol. The summed E-state index contributed by atoms with van der Waals surface area (Å²) in [6.07, 6.45) is 0. The monoisotopic (exact) mass is 330 g/mol. The fraction of sp³-hybridized carbons (Fsp3) is 0.500. The minimum Gasteiger partial charge on any atom is -0.508 e. The molecule has 1 heterocycles. The van der Waals surface area contributed by atoms with Gasteiger partial charge in [0.1, 0.15) is 12.4 Å². The Morgan fingerprint density at radius 2 is 1.95 bits per heavy atom. The standard InChI is InChI=1S/C12H16ClFN2O.2ClH/c13-9-1-2-12(17)10(7-9)11(8-14)16-5-3-15-4-6-16;;/h1-2,7,11,15,17H,3-6,8H2;2*1H/t11-;;/m1../s1. The van der Waals surface area contributed by atoms with Crippen LogP contribution in [-0.2, 0) is 0 Å². The second kappa shape index (κ2) is 8.82. The van der Waals surface area contributed by atoms with Gasteiger partial charge in [-0.1, -0.05) is 11.6 Å². The van der Waals surface area contributed by atoms with Gasteiger partial charge in [0.15, 0.2) is 0 Å². The van der Waals surface area contributed by atoms with E-state index in [2.05, 4.69) is 5.32 Å². The summed E-state index contributed by atoms with van der Waals surface area (Å²) >= 11 is 5.89. The lowest BCUT2D eigenvalue weighted by Gasteiger charge is -2.33. The molecule has 0 unspecified atom stereocenters. The van der Waals surface area contributed by atoms with Crippen LogP contribution < -0.4 is 5.32 Å². The molecule has 2 rings (SSSR count). The average molecular weight is 332 g/mol. The van der Waals surface area contributed by atoms with Crippen molar-refractivity contribution in [3.05, 3.63) is 28.8 Å². The normalized spacial score (nSPS) is 17.2. The third-order valence-electron chi connectivity index (χ3n) is 3.09. The number of hydrogen-bond acceptors (Lipinski definition) is 3. The molecule has 1 aliphatic heterocycles. The highest BCUT2D eigenvalue weighted by Gasteiger charge is 2.24. The molecule has 2 N–H and O–H groups in total. The van der Waals surface area contributed by atoms with Crippen LogP contribution in [0.2, 0.25) is 5.02 Å². The third kappa shape index (κ3) is 4.65. The zero-order valence-electron chi connectivity index (χ0n) is 10.3. The fourth-order valence-electron chi connectivity index (χ4n) is 2.16. The van der Waals surface area contributed by atoms with Crippen molar-refractivity contribution in [2.45, 2.75) is 6.04 Å². The molecule has 1 fully saturated rings. The van der Waals surface area contributed by atoms with Crippen molar-refractivity contribution >= 4 is 36.4 Å². The van der Waals surface area contributed by atoms with E-state index >= 15 is 0 Å². The van der Waals surface area contributed by atoms with E-state index in [9.17, 15) is 9.50 Å². The van der Waals surface area contributed by atoms with Crippen LogP contribution in [0.1, 0.15) is 11.6 Å². The Hall–Kier alpha value is -0.260. The molecule has 0 saturated carbocycles. The molecule has 0 radical (unpaired) electrons. The summed E-state index contributed by atoms with van der Waals surface area (Å²) in [6, 6.07) is 4.36. The number of aromatic hydroxyl groups is 1. The van der Waals surface area contributed by atoms with Crippen molar-refractivity contribution in [1.82, 2.24) is 10.2 Å². The molecule has 1 aliphatic rings. The molecule has 0 bridgehead atoms. The summed E-state index contributed by atoms with van der Waals surface area (Å²) in [5.74, 6) is 0.107. The number of nitrogens with zero attached hydrogens (tertiary/aromatic N) is 1. The highest BCUT2D eigenvalue weighted by Crippen LogP contribution is 2.31. The van der Waals surface area contributed by atoms with Gasteiger partial charge in [0, 0.05) is 36.8 Å². The summed E-state index contributed by atoms with van der Waals surface area (Å²) < 4.78 is 13.2. The third-order valence-corrected chi connectivity index (χ3v) is 3.32. The maximum Gasteiger partial charge on any atom is 0.120 e. The molecule has 19 heavy (non-hydrogen) atoms. The van der Waals surface area contributed by atoms with Crippen molar-refractivity contribution in [3.8, 4) is 5.75 Å². The SMILES string of the molecule is Cl.Cl.Oc1ccc(Cl)cc1[C@@H](CF)N1CCNCC1. The van der Waals surface area contributed by atoms with E-state index in [1.165, 1.54) is 6.07 Å². The molecule has 1 atom stereocenters. The molecule has 0 aromatic heterocycles. The summed E-state index contributed by atoms with van der Waals surface area (Å²) in [5.41, 5.74) is 0.571. The van der Waals surface area contributed by atoms with Gasteiger partial charge < -0.3 is 10.4 Å². The number of halogens is 4.